The molecule has 0 bridgehead atoms. The fraction of sp³-hybridized carbons (Fsp3) is 0. The van der Waals surface area contributed by atoms with Crippen LogP contribution in [0.4, 0.5) is 0 Å². The van der Waals surface area contributed by atoms with Gasteiger partial charge in [-0.3, -0.25) is 4.79 Å². The third-order valence-electron chi connectivity index (χ3n) is 2.90. The Morgan fingerprint density at radius 1 is 1.24 bits per heavy atom. The lowest BCUT2D eigenvalue weighted by atomic mass is 10.2. The summed E-state index contributed by atoms with van der Waals surface area (Å²) in [5, 5.41) is 17.7. The Bertz CT molecular complexity index is 788. The first-order valence-corrected chi connectivity index (χ1v) is 7.26. The molecule has 0 spiro atoms. The van der Waals surface area contributed by atoms with Crippen LogP contribution >= 0.6 is 11.3 Å². The Morgan fingerprint density at radius 3 is 2.90 bits per heavy atom. The highest BCUT2D eigenvalue weighted by molar-refractivity contribution is 7.08. The zero-order valence-corrected chi connectivity index (χ0v) is 11.8. The summed E-state index contributed by atoms with van der Waals surface area (Å²) in [6.45, 7) is 0. The second kappa shape index (κ2) is 5.76. The Balaban J connectivity index is 1.80. The van der Waals surface area contributed by atoms with E-state index in [4.69, 9.17) is 0 Å². The summed E-state index contributed by atoms with van der Waals surface area (Å²) < 4.78 is 1.27. The number of aromatic nitrogens is 2. The lowest BCUT2D eigenvalue weighted by Gasteiger charge is -2.00. The number of rotatable bonds is 3. The lowest BCUT2D eigenvalue weighted by Crippen LogP contribution is -2.12. The summed E-state index contributed by atoms with van der Waals surface area (Å²) in [6, 6.07) is 9.99. The smallest absolute Gasteiger partial charge is 0.278 e. The van der Waals surface area contributed by atoms with Gasteiger partial charge in [-0.15, -0.1) is 0 Å². The van der Waals surface area contributed by atoms with Crippen LogP contribution < -0.4 is 0 Å². The molecule has 0 aliphatic rings. The van der Waals surface area contributed by atoms with Gasteiger partial charge in [-0.2, -0.15) is 16.4 Å². The first kappa shape index (κ1) is 13.3. The third-order valence-corrected chi connectivity index (χ3v) is 3.60. The van der Waals surface area contributed by atoms with Gasteiger partial charge in [0.25, 0.3) is 5.91 Å². The number of aromatic hydroxyl groups is 1. The average Bonchev–Trinajstić information content (AvgIpc) is 3.16. The van der Waals surface area contributed by atoms with Crippen molar-refractivity contribution in [3.8, 4) is 5.75 Å². The molecule has 0 unspecified atom stereocenters. The van der Waals surface area contributed by atoms with E-state index in [2.05, 4.69) is 5.10 Å². The summed E-state index contributed by atoms with van der Waals surface area (Å²) in [5.74, 6) is -0.216. The van der Waals surface area contributed by atoms with Gasteiger partial charge in [0.1, 0.15) is 5.75 Å². The fourth-order valence-corrected chi connectivity index (χ4v) is 2.49. The average molecular weight is 296 g/mol. The largest absolute Gasteiger partial charge is 0.508 e. The normalized spacial score (nSPS) is 11.0. The number of thiophene rings is 1. The van der Waals surface area contributed by atoms with Crippen molar-refractivity contribution >= 4 is 29.4 Å². The Hall–Kier alpha value is -2.66. The van der Waals surface area contributed by atoms with Gasteiger partial charge >= 0.3 is 0 Å². The highest BCUT2D eigenvalue weighted by atomic mass is 32.1. The predicted octanol–water partition coefficient (Wildman–Crippen LogP) is 3.51. The van der Waals surface area contributed by atoms with Gasteiger partial charge in [0, 0.05) is 11.8 Å². The van der Waals surface area contributed by atoms with Crippen LogP contribution in [0.5, 0.6) is 5.75 Å². The molecule has 0 radical (unpaired) electrons. The van der Waals surface area contributed by atoms with Crippen molar-refractivity contribution < 1.29 is 9.90 Å². The van der Waals surface area contributed by atoms with E-state index in [9.17, 15) is 9.90 Å². The molecule has 0 saturated heterocycles. The van der Waals surface area contributed by atoms with Crippen LogP contribution in [0.15, 0.2) is 53.4 Å². The van der Waals surface area contributed by atoms with E-state index < -0.39 is 0 Å². The van der Waals surface area contributed by atoms with Gasteiger partial charge in [0.05, 0.1) is 5.69 Å². The second-order valence-corrected chi connectivity index (χ2v) is 5.21. The van der Waals surface area contributed by atoms with Crippen molar-refractivity contribution in [1.82, 2.24) is 9.78 Å². The van der Waals surface area contributed by atoms with E-state index in [0.717, 1.165) is 5.56 Å². The molecule has 2 heterocycles. The van der Waals surface area contributed by atoms with E-state index in [1.165, 1.54) is 16.8 Å². The van der Waals surface area contributed by atoms with Crippen LogP contribution in [0.3, 0.4) is 0 Å². The van der Waals surface area contributed by atoms with Crippen LogP contribution in [0.2, 0.25) is 0 Å². The third kappa shape index (κ3) is 3.09. The van der Waals surface area contributed by atoms with Crippen molar-refractivity contribution in [2.75, 3.05) is 0 Å². The molecule has 5 heteroatoms. The Labute approximate surface area is 125 Å². The van der Waals surface area contributed by atoms with Gasteiger partial charge in [-0.25, -0.2) is 4.68 Å². The van der Waals surface area contributed by atoms with Gasteiger partial charge in [0.2, 0.25) is 0 Å². The number of hydrogen-bond acceptors (Lipinski definition) is 4. The quantitative estimate of drug-likeness (QED) is 0.804. The molecule has 1 N–H and O–H groups in total. The highest BCUT2D eigenvalue weighted by Gasteiger charge is 2.09. The molecule has 3 aromatic rings. The van der Waals surface area contributed by atoms with Crippen molar-refractivity contribution in [1.29, 1.82) is 0 Å². The Kier molecular flexibility index (Phi) is 3.66. The molecule has 0 fully saturated rings. The number of hydrogen-bond donors (Lipinski definition) is 1. The summed E-state index contributed by atoms with van der Waals surface area (Å²) >= 11 is 1.63. The summed E-state index contributed by atoms with van der Waals surface area (Å²) in [5.41, 5.74) is 2.20. The summed E-state index contributed by atoms with van der Waals surface area (Å²) in [7, 11) is 0. The minimum absolute atomic E-state index is 0.0607. The zero-order valence-electron chi connectivity index (χ0n) is 11.0. The van der Waals surface area contributed by atoms with Gasteiger partial charge in [-0.05, 0) is 52.7 Å². The molecule has 2 aromatic heterocycles. The molecule has 4 nitrogen and oxygen atoms in total. The topological polar surface area (TPSA) is 55.1 Å². The highest BCUT2D eigenvalue weighted by Crippen LogP contribution is 2.13. The molecule has 0 amide bonds. The number of benzene rings is 1. The van der Waals surface area contributed by atoms with E-state index in [0.29, 0.717) is 11.3 Å². The molecule has 0 saturated carbocycles. The minimum atomic E-state index is -0.277. The van der Waals surface area contributed by atoms with Crippen molar-refractivity contribution in [3.63, 3.8) is 0 Å². The summed E-state index contributed by atoms with van der Waals surface area (Å²) in [6.07, 6.45) is 5.41. The SMILES string of the molecule is O=C(c1cccc(O)c1)n1ccc(/C=C/c2ccsc2)n1. The maximum absolute atomic E-state index is 12.2. The van der Waals surface area contributed by atoms with Crippen molar-refractivity contribution in [3.05, 3.63) is 70.2 Å². The lowest BCUT2D eigenvalue weighted by molar-refractivity contribution is 0.0944. The number of carbonyl (C=O) groups excluding carboxylic acids is 1. The first-order chi connectivity index (χ1) is 10.2. The van der Waals surface area contributed by atoms with Crippen LogP contribution in [0, 0.1) is 0 Å². The van der Waals surface area contributed by atoms with E-state index in [-0.39, 0.29) is 11.7 Å². The molecule has 1 aromatic carbocycles. The van der Waals surface area contributed by atoms with Crippen LogP contribution in [-0.4, -0.2) is 20.8 Å². The first-order valence-electron chi connectivity index (χ1n) is 6.32. The van der Waals surface area contributed by atoms with Gasteiger partial charge in [-0.1, -0.05) is 12.1 Å². The van der Waals surface area contributed by atoms with Gasteiger partial charge in [0.15, 0.2) is 0 Å². The van der Waals surface area contributed by atoms with E-state index in [1.807, 2.05) is 29.0 Å². The van der Waals surface area contributed by atoms with Gasteiger partial charge < -0.3 is 5.11 Å². The molecule has 0 aliphatic carbocycles. The van der Waals surface area contributed by atoms with E-state index in [1.54, 1.807) is 35.7 Å². The second-order valence-electron chi connectivity index (χ2n) is 4.43. The zero-order chi connectivity index (χ0) is 14.7. The molecule has 104 valence electrons. The fourth-order valence-electron chi connectivity index (χ4n) is 1.86. The molecular formula is C16H12N2O2S. The maximum atomic E-state index is 12.2. The van der Waals surface area contributed by atoms with Crippen molar-refractivity contribution in [2.45, 2.75) is 0 Å². The van der Waals surface area contributed by atoms with Crippen LogP contribution in [-0.2, 0) is 0 Å². The standard InChI is InChI=1S/C16H12N2O2S/c19-15-3-1-2-13(10-15)16(20)18-8-6-14(17-18)5-4-12-7-9-21-11-12/h1-11,19H/b5-4+. The van der Waals surface area contributed by atoms with E-state index >= 15 is 0 Å². The minimum Gasteiger partial charge on any atom is -0.508 e. The number of nitrogens with zero attached hydrogens (tertiary/aromatic N) is 2. The van der Waals surface area contributed by atoms with Crippen molar-refractivity contribution in [2.24, 2.45) is 0 Å². The van der Waals surface area contributed by atoms with Crippen LogP contribution in [0.25, 0.3) is 12.2 Å². The monoisotopic (exact) mass is 296 g/mol. The number of phenolic OH excluding ortho intramolecular Hbond substituents is 1. The van der Waals surface area contributed by atoms with Crippen LogP contribution in [0.1, 0.15) is 21.6 Å². The number of phenols is 1. The molecule has 3 rings (SSSR count). The molecule has 0 atom stereocenters. The maximum Gasteiger partial charge on any atom is 0.278 e. The summed E-state index contributed by atoms with van der Waals surface area (Å²) in [4.78, 5) is 12.2. The predicted molar refractivity (Wildman–Crippen MR) is 83.3 cm³/mol. The molecular weight excluding hydrogens is 284 g/mol. The number of carbonyl (C=O) groups is 1. The Morgan fingerprint density at radius 2 is 2.14 bits per heavy atom. The molecule has 0 aliphatic heterocycles. The molecule has 21 heavy (non-hydrogen) atoms.